The molecule has 0 spiro atoms. The molecular weight excluding hydrogens is 234 g/mol. The molecule has 0 aromatic heterocycles. The zero-order valence-electron chi connectivity index (χ0n) is 10.5. The van der Waals surface area contributed by atoms with Gasteiger partial charge >= 0.3 is 5.97 Å². The predicted octanol–water partition coefficient (Wildman–Crippen LogP) is 1.13. The quantitative estimate of drug-likeness (QED) is 0.770. The Morgan fingerprint density at radius 1 is 1.28 bits per heavy atom. The topological polar surface area (TPSA) is 64.6 Å². The van der Waals surface area contributed by atoms with Gasteiger partial charge < -0.3 is 14.8 Å². The van der Waals surface area contributed by atoms with Gasteiger partial charge in [0.1, 0.15) is 5.75 Å². The van der Waals surface area contributed by atoms with Crippen LogP contribution in [0.1, 0.15) is 13.3 Å². The highest BCUT2D eigenvalue weighted by Gasteiger charge is 2.14. The van der Waals surface area contributed by atoms with Gasteiger partial charge in [-0.1, -0.05) is 18.2 Å². The Hall–Kier alpha value is -2.04. The Balaban J connectivity index is 2.31. The summed E-state index contributed by atoms with van der Waals surface area (Å²) in [7, 11) is 1.31. The van der Waals surface area contributed by atoms with Crippen molar-refractivity contribution in [3.63, 3.8) is 0 Å². The third-order valence-electron chi connectivity index (χ3n) is 2.28. The normalized spacial score (nSPS) is 11.4. The molecule has 0 aliphatic carbocycles. The van der Waals surface area contributed by atoms with Gasteiger partial charge in [-0.25, -0.2) is 0 Å². The van der Waals surface area contributed by atoms with Crippen LogP contribution in [0.25, 0.3) is 0 Å². The Labute approximate surface area is 106 Å². The molecule has 5 heteroatoms. The van der Waals surface area contributed by atoms with E-state index in [2.05, 4.69) is 10.1 Å². The Kier molecular flexibility index (Phi) is 5.70. The first kappa shape index (κ1) is 14.0. The van der Waals surface area contributed by atoms with E-state index in [1.807, 2.05) is 18.2 Å². The Morgan fingerprint density at radius 2 is 1.94 bits per heavy atom. The number of carbonyl (C=O) groups is 2. The number of amides is 1. The van der Waals surface area contributed by atoms with Crippen molar-refractivity contribution in [2.24, 2.45) is 0 Å². The fraction of sp³-hybridized carbons (Fsp3) is 0.385. The van der Waals surface area contributed by atoms with Gasteiger partial charge in [-0.05, 0) is 19.1 Å². The molecule has 1 rings (SSSR count). The minimum Gasteiger partial charge on any atom is -0.481 e. The second kappa shape index (κ2) is 7.32. The minimum atomic E-state index is -0.606. The number of para-hydroxylation sites is 1. The van der Waals surface area contributed by atoms with Crippen LogP contribution in [0.4, 0.5) is 0 Å². The number of methoxy groups -OCH3 is 1. The summed E-state index contributed by atoms with van der Waals surface area (Å²) in [4.78, 5) is 22.5. The second-order valence-electron chi connectivity index (χ2n) is 3.69. The van der Waals surface area contributed by atoms with Crippen molar-refractivity contribution >= 4 is 11.9 Å². The molecule has 0 heterocycles. The molecule has 0 radical (unpaired) electrons. The molecule has 5 nitrogen and oxygen atoms in total. The number of esters is 1. The highest BCUT2D eigenvalue weighted by Crippen LogP contribution is 2.10. The summed E-state index contributed by atoms with van der Waals surface area (Å²) in [6.45, 7) is 1.90. The van der Waals surface area contributed by atoms with Crippen LogP contribution >= 0.6 is 0 Å². The van der Waals surface area contributed by atoms with Crippen LogP contribution in [-0.4, -0.2) is 31.6 Å². The standard InChI is InChI=1S/C13H17NO4/c1-10(18-11-6-4-3-5-7-11)13(16)14-9-8-12(15)17-2/h3-7,10H,8-9H2,1-2H3,(H,14,16)/t10-/m1/s1. The highest BCUT2D eigenvalue weighted by molar-refractivity contribution is 5.81. The molecule has 0 unspecified atom stereocenters. The van der Waals surface area contributed by atoms with Gasteiger partial charge in [-0.3, -0.25) is 9.59 Å². The van der Waals surface area contributed by atoms with Crippen LogP contribution < -0.4 is 10.1 Å². The van der Waals surface area contributed by atoms with Gasteiger partial charge in [-0.15, -0.1) is 0 Å². The van der Waals surface area contributed by atoms with Crippen molar-refractivity contribution in [2.75, 3.05) is 13.7 Å². The van der Waals surface area contributed by atoms with Crippen LogP contribution in [0.3, 0.4) is 0 Å². The van der Waals surface area contributed by atoms with Gasteiger partial charge in [0.2, 0.25) is 0 Å². The molecule has 1 atom stereocenters. The molecule has 0 fully saturated rings. The number of hydrogen-bond donors (Lipinski definition) is 1. The summed E-state index contributed by atoms with van der Waals surface area (Å²) in [6, 6.07) is 9.08. The SMILES string of the molecule is COC(=O)CCNC(=O)[C@@H](C)Oc1ccccc1. The van der Waals surface area contributed by atoms with Gasteiger partial charge in [0, 0.05) is 6.54 Å². The molecule has 98 valence electrons. The van der Waals surface area contributed by atoms with Gasteiger partial charge in [-0.2, -0.15) is 0 Å². The fourth-order valence-electron chi connectivity index (χ4n) is 1.29. The van der Waals surface area contributed by atoms with Crippen LogP contribution in [0.2, 0.25) is 0 Å². The molecule has 0 aliphatic heterocycles. The summed E-state index contributed by atoms with van der Waals surface area (Å²) >= 11 is 0. The average Bonchev–Trinajstić information content (AvgIpc) is 2.39. The number of benzene rings is 1. The van der Waals surface area contributed by atoms with Crippen molar-refractivity contribution in [1.82, 2.24) is 5.32 Å². The van der Waals surface area contributed by atoms with E-state index < -0.39 is 6.10 Å². The van der Waals surface area contributed by atoms with Crippen molar-refractivity contribution in [3.8, 4) is 5.75 Å². The summed E-state index contributed by atoms with van der Waals surface area (Å²) in [5.41, 5.74) is 0. The second-order valence-corrected chi connectivity index (χ2v) is 3.69. The number of rotatable bonds is 6. The molecule has 0 saturated heterocycles. The molecule has 1 N–H and O–H groups in total. The van der Waals surface area contributed by atoms with E-state index in [0.717, 1.165) is 0 Å². The first-order chi connectivity index (χ1) is 8.63. The van der Waals surface area contributed by atoms with Gasteiger partial charge in [0.25, 0.3) is 5.91 Å². The molecule has 0 saturated carbocycles. The molecule has 18 heavy (non-hydrogen) atoms. The molecule has 1 amide bonds. The van der Waals surface area contributed by atoms with Gasteiger partial charge in [0.05, 0.1) is 13.5 Å². The molecule has 0 bridgehead atoms. The largest absolute Gasteiger partial charge is 0.481 e. The summed E-state index contributed by atoms with van der Waals surface area (Å²) in [5.74, 6) is 0.0165. The molecular formula is C13H17NO4. The lowest BCUT2D eigenvalue weighted by atomic mass is 10.3. The van der Waals surface area contributed by atoms with Crippen molar-refractivity contribution in [1.29, 1.82) is 0 Å². The van der Waals surface area contributed by atoms with Gasteiger partial charge in [0.15, 0.2) is 6.10 Å². The minimum absolute atomic E-state index is 0.153. The summed E-state index contributed by atoms with van der Waals surface area (Å²) in [5, 5.41) is 2.60. The number of ether oxygens (including phenoxy) is 2. The first-order valence-corrected chi connectivity index (χ1v) is 5.69. The third kappa shape index (κ3) is 4.86. The van der Waals surface area contributed by atoms with E-state index in [9.17, 15) is 9.59 Å². The summed E-state index contributed by atoms with van der Waals surface area (Å²) < 4.78 is 9.90. The maximum absolute atomic E-state index is 11.6. The lowest BCUT2D eigenvalue weighted by Gasteiger charge is -2.14. The van der Waals surface area contributed by atoms with Crippen molar-refractivity contribution in [3.05, 3.63) is 30.3 Å². The van der Waals surface area contributed by atoms with Crippen LogP contribution in [0.5, 0.6) is 5.75 Å². The van der Waals surface area contributed by atoms with Crippen LogP contribution in [0.15, 0.2) is 30.3 Å². The lowest BCUT2D eigenvalue weighted by Crippen LogP contribution is -2.37. The smallest absolute Gasteiger partial charge is 0.307 e. The molecule has 0 aliphatic rings. The fourth-order valence-corrected chi connectivity index (χ4v) is 1.29. The lowest BCUT2D eigenvalue weighted by molar-refractivity contribution is -0.140. The Morgan fingerprint density at radius 3 is 2.56 bits per heavy atom. The monoisotopic (exact) mass is 251 g/mol. The first-order valence-electron chi connectivity index (χ1n) is 5.69. The molecule has 1 aromatic carbocycles. The van der Waals surface area contributed by atoms with E-state index in [1.165, 1.54) is 7.11 Å². The zero-order chi connectivity index (χ0) is 13.4. The zero-order valence-corrected chi connectivity index (χ0v) is 10.5. The molecule has 1 aromatic rings. The van der Waals surface area contributed by atoms with E-state index in [4.69, 9.17) is 4.74 Å². The maximum Gasteiger partial charge on any atom is 0.307 e. The maximum atomic E-state index is 11.6. The number of nitrogens with one attached hydrogen (secondary N) is 1. The summed E-state index contributed by atoms with van der Waals surface area (Å²) in [6.07, 6.45) is -0.453. The third-order valence-corrected chi connectivity index (χ3v) is 2.28. The van der Waals surface area contributed by atoms with Crippen molar-refractivity contribution in [2.45, 2.75) is 19.4 Å². The Bertz CT molecular complexity index is 391. The highest BCUT2D eigenvalue weighted by atomic mass is 16.5. The van der Waals surface area contributed by atoms with E-state index in [0.29, 0.717) is 5.75 Å². The predicted molar refractivity (Wildman–Crippen MR) is 66.2 cm³/mol. The van der Waals surface area contributed by atoms with Crippen molar-refractivity contribution < 1.29 is 19.1 Å². The number of carbonyl (C=O) groups excluding carboxylic acids is 2. The average molecular weight is 251 g/mol. The van der Waals surface area contributed by atoms with E-state index in [1.54, 1.807) is 19.1 Å². The number of hydrogen-bond acceptors (Lipinski definition) is 4. The van der Waals surface area contributed by atoms with Crippen LogP contribution in [-0.2, 0) is 14.3 Å². The van der Waals surface area contributed by atoms with E-state index in [-0.39, 0.29) is 24.8 Å². The van der Waals surface area contributed by atoms with Crippen LogP contribution in [0, 0.1) is 0 Å². The van der Waals surface area contributed by atoms with E-state index >= 15 is 0 Å².